The highest BCUT2D eigenvalue weighted by molar-refractivity contribution is 5.86. The Hall–Kier alpha value is -4.49. The van der Waals surface area contributed by atoms with Gasteiger partial charge in [0, 0.05) is 18.8 Å². The Labute approximate surface area is 216 Å². The smallest absolute Gasteiger partial charge is 0.423 e. The van der Waals surface area contributed by atoms with E-state index >= 15 is 4.39 Å². The SMILES string of the molecule is [2H]C([2H])([2H])Oc1cnc(-c2cc3ccn(CCC[C@H](C)Nc4cn[nH]c(=O)c4C(F)(F)F)c(=O)c3cc2F)nc1N. The normalized spacial score (nSPS) is 14.0. The minimum absolute atomic E-state index is 0.0691. The van der Waals surface area contributed by atoms with E-state index in [4.69, 9.17) is 14.6 Å². The van der Waals surface area contributed by atoms with Gasteiger partial charge < -0.3 is 20.4 Å². The first kappa shape index (κ1) is 22.7. The Morgan fingerprint density at radius 3 is 2.79 bits per heavy atom. The molecule has 0 bridgehead atoms. The largest absolute Gasteiger partial charge is 0.491 e. The third-order valence-corrected chi connectivity index (χ3v) is 5.78. The molecule has 4 rings (SSSR count). The van der Waals surface area contributed by atoms with Gasteiger partial charge in [0.1, 0.15) is 11.4 Å². The zero-order valence-corrected chi connectivity index (χ0v) is 19.8. The second kappa shape index (κ2) is 10.5. The van der Waals surface area contributed by atoms with Crippen LogP contribution in [0, 0.1) is 5.82 Å². The standard InChI is InChI=1S/C24H23F4N7O3/c1-12(32-17-10-31-34-22(36)19(17)24(26,27)28)4-3-6-35-7-5-13-8-15(16(25)9-14(13)23(35)37)21-30-11-18(38-2)20(29)33-21/h5,7-12H,3-4,6H2,1-2H3,(H2,29,30,33)(H2,32,34,36)/t12-/m0/s1/i2D3. The van der Waals surface area contributed by atoms with E-state index in [1.807, 2.05) is 0 Å². The predicted octanol–water partition coefficient (Wildman–Crippen LogP) is 3.57. The molecule has 0 aliphatic carbocycles. The molecule has 38 heavy (non-hydrogen) atoms. The molecular formula is C24H23F4N7O3. The van der Waals surface area contributed by atoms with E-state index in [2.05, 4.69) is 20.4 Å². The highest BCUT2D eigenvalue weighted by atomic mass is 19.4. The molecule has 10 nitrogen and oxygen atoms in total. The number of aromatic nitrogens is 5. The topological polar surface area (TPSA) is 141 Å². The second-order valence-corrected chi connectivity index (χ2v) is 8.45. The lowest BCUT2D eigenvalue weighted by Crippen LogP contribution is -2.27. The van der Waals surface area contributed by atoms with Gasteiger partial charge in [-0.15, -0.1) is 0 Å². The van der Waals surface area contributed by atoms with Crippen molar-refractivity contribution in [2.24, 2.45) is 0 Å². The van der Waals surface area contributed by atoms with Gasteiger partial charge in [-0.3, -0.25) is 9.59 Å². The number of nitrogens with two attached hydrogens (primary N) is 1. The van der Waals surface area contributed by atoms with Gasteiger partial charge in [-0.1, -0.05) is 0 Å². The Balaban J connectivity index is 1.48. The first-order chi connectivity index (χ1) is 19.1. The number of nitrogens with one attached hydrogen (secondary N) is 2. The van der Waals surface area contributed by atoms with Crippen LogP contribution in [0.4, 0.5) is 29.1 Å². The number of benzene rings is 1. The fourth-order valence-corrected chi connectivity index (χ4v) is 3.94. The maximum Gasteiger partial charge on any atom is 0.423 e. The van der Waals surface area contributed by atoms with Crippen molar-refractivity contribution in [3.63, 3.8) is 0 Å². The van der Waals surface area contributed by atoms with Crippen molar-refractivity contribution >= 4 is 22.3 Å². The molecular weight excluding hydrogens is 510 g/mol. The third-order valence-electron chi connectivity index (χ3n) is 5.78. The summed E-state index contributed by atoms with van der Waals surface area (Å²) >= 11 is 0. The number of rotatable bonds is 8. The summed E-state index contributed by atoms with van der Waals surface area (Å²) in [6.45, 7) is 1.81. The van der Waals surface area contributed by atoms with Gasteiger partial charge in [-0.05, 0) is 43.4 Å². The summed E-state index contributed by atoms with van der Waals surface area (Å²) in [6, 6.07) is 3.46. The molecule has 1 aromatic carbocycles. The monoisotopic (exact) mass is 536 g/mol. The highest BCUT2D eigenvalue weighted by Crippen LogP contribution is 2.32. The number of anilines is 2. The minimum atomic E-state index is -4.87. The summed E-state index contributed by atoms with van der Waals surface area (Å²) < 4.78 is 82.3. The fourth-order valence-electron chi connectivity index (χ4n) is 3.94. The molecule has 0 aliphatic heterocycles. The summed E-state index contributed by atoms with van der Waals surface area (Å²) in [6.07, 6.45) is -0.774. The number of pyridine rings is 1. The number of aromatic amines is 1. The average molecular weight is 537 g/mol. The van der Waals surface area contributed by atoms with Crippen LogP contribution < -0.4 is 26.9 Å². The molecule has 4 N–H and O–H groups in total. The number of nitrogen functional groups attached to an aromatic ring is 1. The number of hydrogen-bond acceptors (Lipinski definition) is 8. The second-order valence-electron chi connectivity index (χ2n) is 8.45. The summed E-state index contributed by atoms with van der Waals surface area (Å²) in [7, 11) is -2.78. The molecule has 0 saturated heterocycles. The van der Waals surface area contributed by atoms with Gasteiger partial charge in [0.05, 0.1) is 40.2 Å². The van der Waals surface area contributed by atoms with Crippen LogP contribution in [-0.2, 0) is 12.7 Å². The van der Waals surface area contributed by atoms with Crippen molar-refractivity contribution in [3.8, 4) is 17.1 Å². The lowest BCUT2D eigenvalue weighted by Gasteiger charge is -2.18. The van der Waals surface area contributed by atoms with Crippen molar-refractivity contribution in [1.82, 2.24) is 24.7 Å². The Morgan fingerprint density at radius 1 is 1.29 bits per heavy atom. The number of nitrogens with zero attached hydrogens (tertiary/aromatic N) is 4. The summed E-state index contributed by atoms with van der Waals surface area (Å²) in [5, 5.41) is 8.27. The van der Waals surface area contributed by atoms with Crippen LogP contribution in [0.2, 0.25) is 0 Å². The molecule has 3 heterocycles. The number of H-pyrrole nitrogens is 1. The number of halogens is 4. The van der Waals surface area contributed by atoms with Gasteiger partial charge in [-0.25, -0.2) is 19.5 Å². The van der Waals surface area contributed by atoms with E-state index in [0.717, 1.165) is 18.5 Å². The minimum Gasteiger partial charge on any atom is -0.491 e. The third kappa shape index (κ3) is 5.43. The Kier molecular flexibility index (Phi) is 6.25. The van der Waals surface area contributed by atoms with Crippen LogP contribution in [0.5, 0.6) is 5.75 Å². The van der Waals surface area contributed by atoms with E-state index in [1.54, 1.807) is 18.1 Å². The van der Waals surface area contributed by atoms with Gasteiger partial charge in [-0.2, -0.15) is 18.3 Å². The van der Waals surface area contributed by atoms with Gasteiger partial charge in [0.2, 0.25) is 0 Å². The molecule has 3 aromatic heterocycles. The molecule has 0 unspecified atom stereocenters. The number of alkyl halides is 3. The summed E-state index contributed by atoms with van der Waals surface area (Å²) in [5.41, 5.74) is 1.99. The fraction of sp³-hybridized carbons (Fsp3) is 0.292. The van der Waals surface area contributed by atoms with E-state index in [-0.39, 0.29) is 34.9 Å². The zero-order valence-electron chi connectivity index (χ0n) is 22.8. The van der Waals surface area contributed by atoms with Crippen molar-refractivity contribution in [2.45, 2.75) is 38.5 Å². The molecule has 0 saturated carbocycles. The van der Waals surface area contributed by atoms with Crippen LogP contribution in [0.15, 0.2) is 46.4 Å². The summed E-state index contributed by atoms with van der Waals surface area (Å²) in [5.74, 6) is -1.57. The maximum absolute atomic E-state index is 15.0. The molecule has 0 radical (unpaired) electrons. The van der Waals surface area contributed by atoms with E-state index in [9.17, 15) is 22.8 Å². The van der Waals surface area contributed by atoms with Crippen molar-refractivity contribution < 1.29 is 26.4 Å². The molecule has 0 spiro atoms. The maximum atomic E-state index is 15.0. The van der Waals surface area contributed by atoms with E-state index in [0.29, 0.717) is 18.2 Å². The van der Waals surface area contributed by atoms with Crippen molar-refractivity contribution in [3.05, 3.63) is 68.9 Å². The van der Waals surface area contributed by atoms with Crippen LogP contribution in [0.1, 0.15) is 29.4 Å². The highest BCUT2D eigenvalue weighted by Gasteiger charge is 2.37. The first-order valence-electron chi connectivity index (χ1n) is 12.7. The Morgan fingerprint density at radius 2 is 2.08 bits per heavy atom. The lowest BCUT2D eigenvalue weighted by molar-refractivity contribution is -0.138. The predicted molar refractivity (Wildman–Crippen MR) is 132 cm³/mol. The number of methoxy groups -OCH3 is 1. The Bertz CT molecular complexity index is 1710. The quantitative estimate of drug-likeness (QED) is 0.290. The van der Waals surface area contributed by atoms with Gasteiger partial charge in [0.25, 0.3) is 11.1 Å². The van der Waals surface area contributed by atoms with Gasteiger partial charge in [0.15, 0.2) is 17.4 Å². The van der Waals surface area contributed by atoms with Crippen LogP contribution in [0.25, 0.3) is 22.2 Å². The zero-order chi connectivity index (χ0) is 30.1. The molecule has 4 aromatic rings. The molecule has 0 amide bonds. The van der Waals surface area contributed by atoms with Crippen LogP contribution in [-0.4, -0.2) is 37.8 Å². The first-order valence-corrected chi connectivity index (χ1v) is 11.2. The van der Waals surface area contributed by atoms with Crippen molar-refractivity contribution in [1.29, 1.82) is 0 Å². The van der Waals surface area contributed by atoms with Crippen LogP contribution in [0.3, 0.4) is 0 Å². The molecule has 1 atom stereocenters. The van der Waals surface area contributed by atoms with Gasteiger partial charge >= 0.3 is 6.18 Å². The van der Waals surface area contributed by atoms with E-state index in [1.165, 1.54) is 16.8 Å². The summed E-state index contributed by atoms with van der Waals surface area (Å²) in [4.78, 5) is 32.5. The number of aryl methyl sites for hydroxylation is 1. The molecule has 200 valence electrons. The number of hydrogen-bond donors (Lipinski definition) is 3. The van der Waals surface area contributed by atoms with Crippen molar-refractivity contribution in [2.75, 3.05) is 18.1 Å². The molecule has 0 aliphatic rings. The number of ether oxygens (including phenoxy) is 1. The molecule has 14 heteroatoms. The van der Waals surface area contributed by atoms with E-state index < -0.39 is 47.4 Å². The van der Waals surface area contributed by atoms with Crippen LogP contribution >= 0.6 is 0 Å². The average Bonchev–Trinajstić information content (AvgIpc) is 2.85. The number of fused-ring (bicyclic) bond motifs is 1. The molecule has 0 fully saturated rings. The lowest BCUT2D eigenvalue weighted by atomic mass is 10.1.